The highest BCUT2D eigenvalue weighted by Crippen LogP contribution is 2.36. The lowest BCUT2D eigenvalue weighted by molar-refractivity contribution is 0.144. The normalized spacial score (nSPS) is 10.7. The zero-order valence-corrected chi connectivity index (χ0v) is 16.2. The maximum absolute atomic E-state index is 11.2. The number of carbonyl (C=O) groups is 1. The van der Waals surface area contributed by atoms with Crippen molar-refractivity contribution >= 4 is 6.16 Å². The SMILES string of the molecule is CCCCc1c(OC(=O)O)ccc(-c2ccccc2CC)c1CCCC. The number of benzene rings is 2. The van der Waals surface area contributed by atoms with Crippen molar-refractivity contribution in [1.82, 2.24) is 0 Å². The molecule has 2 rings (SSSR count). The summed E-state index contributed by atoms with van der Waals surface area (Å²) in [6.45, 7) is 6.51. The highest BCUT2D eigenvalue weighted by molar-refractivity contribution is 5.74. The van der Waals surface area contributed by atoms with Gasteiger partial charge in [-0.25, -0.2) is 4.79 Å². The van der Waals surface area contributed by atoms with E-state index in [2.05, 4.69) is 45.0 Å². The summed E-state index contributed by atoms with van der Waals surface area (Å²) >= 11 is 0. The summed E-state index contributed by atoms with van der Waals surface area (Å²) in [5.74, 6) is 0.495. The molecule has 0 spiro atoms. The average molecular weight is 354 g/mol. The largest absolute Gasteiger partial charge is 0.511 e. The van der Waals surface area contributed by atoms with Gasteiger partial charge in [0, 0.05) is 0 Å². The Labute approximate surface area is 157 Å². The molecule has 26 heavy (non-hydrogen) atoms. The van der Waals surface area contributed by atoms with Gasteiger partial charge in [-0.15, -0.1) is 0 Å². The first-order valence-corrected chi connectivity index (χ1v) is 9.76. The fourth-order valence-electron chi connectivity index (χ4n) is 3.47. The Morgan fingerprint density at radius 2 is 1.54 bits per heavy atom. The van der Waals surface area contributed by atoms with Gasteiger partial charge in [0.05, 0.1) is 0 Å². The number of hydrogen-bond acceptors (Lipinski definition) is 2. The summed E-state index contributed by atoms with van der Waals surface area (Å²) in [6.07, 6.45) is 5.79. The summed E-state index contributed by atoms with van der Waals surface area (Å²) in [7, 11) is 0. The van der Waals surface area contributed by atoms with Crippen LogP contribution in [0.5, 0.6) is 5.75 Å². The number of aryl methyl sites for hydroxylation is 1. The summed E-state index contributed by atoms with van der Waals surface area (Å²) in [5, 5.41) is 9.13. The fraction of sp³-hybridized carbons (Fsp3) is 0.435. The summed E-state index contributed by atoms with van der Waals surface area (Å²) < 4.78 is 5.13. The van der Waals surface area contributed by atoms with Gasteiger partial charge < -0.3 is 9.84 Å². The van der Waals surface area contributed by atoms with E-state index in [-0.39, 0.29) is 0 Å². The van der Waals surface area contributed by atoms with Gasteiger partial charge in [-0.3, -0.25) is 0 Å². The molecule has 0 atom stereocenters. The van der Waals surface area contributed by atoms with Crippen LogP contribution in [-0.4, -0.2) is 11.3 Å². The lowest BCUT2D eigenvalue weighted by Gasteiger charge is -2.20. The van der Waals surface area contributed by atoms with Crippen molar-refractivity contribution in [3.05, 3.63) is 53.1 Å². The number of hydrogen-bond donors (Lipinski definition) is 1. The second-order valence-electron chi connectivity index (χ2n) is 6.65. The minimum Gasteiger partial charge on any atom is -0.449 e. The monoisotopic (exact) mass is 354 g/mol. The van der Waals surface area contributed by atoms with Crippen molar-refractivity contribution in [3.8, 4) is 16.9 Å². The zero-order valence-electron chi connectivity index (χ0n) is 16.2. The van der Waals surface area contributed by atoms with Crippen LogP contribution in [0, 0.1) is 0 Å². The molecule has 0 amide bonds. The van der Waals surface area contributed by atoms with Crippen LogP contribution in [0.1, 0.15) is 63.1 Å². The summed E-state index contributed by atoms with van der Waals surface area (Å²) in [6, 6.07) is 12.4. The predicted octanol–water partition coefficient (Wildman–Crippen LogP) is 6.66. The van der Waals surface area contributed by atoms with Crippen LogP contribution < -0.4 is 4.74 Å². The van der Waals surface area contributed by atoms with Crippen LogP contribution in [0.15, 0.2) is 36.4 Å². The number of unbranched alkanes of at least 4 members (excludes halogenated alkanes) is 2. The van der Waals surface area contributed by atoms with Crippen LogP contribution in [0.25, 0.3) is 11.1 Å². The molecule has 0 unspecified atom stereocenters. The first kappa shape index (κ1) is 20.0. The van der Waals surface area contributed by atoms with E-state index in [9.17, 15) is 4.79 Å². The first-order valence-electron chi connectivity index (χ1n) is 9.76. The molecule has 0 fully saturated rings. The van der Waals surface area contributed by atoms with Gasteiger partial charge in [-0.2, -0.15) is 0 Å². The molecular formula is C23H30O3. The van der Waals surface area contributed by atoms with E-state index in [1.165, 1.54) is 22.3 Å². The molecule has 2 aromatic rings. The van der Waals surface area contributed by atoms with Crippen molar-refractivity contribution in [2.24, 2.45) is 0 Å². The maximum Gasteiger partial charge on any atom is 0.511 e. The molecule has 0 aliphatic heterocycles. The van der Waals surface area contributed by atoms with E-state index < -0.39 is 6.16 Å². The molecule has 3 heteroatoms. The molecular weight excluding hydrogens is 324 g/mol. The van der Waals surface area contributed by atoms with Gasteiger partial charge in [0.15, 0.2) is 0 Å². The number of rotatable bonds is 9. The van der Waals surface area contributed by atoms with E-state index in [1.54, 1.807) is 0 Å². The van der Waals surface area contributed by atoms with Gasteiger partial charge in [-0.05, 0) is 66.0 Å². The molecule has 0 heterocycles. The lowest BCUT2D eigenvalue weighted by atomic mass is 9.87. The Morgan fingerprint density at radius 3 is 2.15 bits per heavy atom. The first-order chi connectivity index (χ1) is 12.6. The molecule has 0 radical (unpaired) electrons. The van der Waals surface area contributed by atoms with E-state index in [0.29, 0.717) is 5.75 Å². The quantitative estimate of drug-likeness (QED) is 0.404. The van der Waals surface area contributed by atoms with Crippen molar-refractivity contribution in [3.63, 3.8) is 0 Å². The van der Waals surface area contributed by atoms with Gasteiger partial charge in [-0.1, -0.05) is 63.9 Å². The highest BCUT2D eigenvalue weighted by atomic mass is 16.7. The van der Waals surface area contributed by atoms with Crippen LogP contribution in [0.3, 0.4) is 0 Å². The van der Waals surface area contributed by atoms with Crippen LogP contribution in [0.4, 0.5) is 4.79 Å². The second-order valence-corrected chi connectivity index (χ2v) is 6.65. The number of carboxylic acid groups (broad SMARTS) is 1. The third kappa shape index (κ3) is 4.87. The van der Waals surface area contributed by atoms with Crippen molar-refractivity contribution < 1.29 is 14.6 Å². The van der Waals surface area contributed by atoms with E-state index in [1.807, 2.05) is 12.1 Å². The highest BCUT2D eigenvalue weighted by Gasteiger charge is 2.18. The summed E-state index contributed by atoms with van der Waals surface area (Å²) in [5.41, 5.74) is 6.10. The molecule has 0 saturated heterocycles. The molecule has 3 nitrogen and oxygen atoms in total. The Bertz CT molecular complexity index is 734. The zero-order chi connectivity index (χ0) is 18.9. The average Bonchev–Trinajstić information content (AvgIpc) is 2.65. The maximum atomic E-state index is 11.2. The van der Waals surface area contributed by atoms with Gasteiger partial charge in [0.1, 0.15) is 5.75 Å². The van der Waals surface area contributed by atoms with Crippen molar-refractivity contribution in [2.75, 3.05) is 0 Å². The van der Waals surface area contributed by atoms with Gasteiger partial charge in [0.25, 0.3) is 0 Å². The van der Waals surface area contributed by atoms with Gasteiger partial charge >= 0.3 is 6.16 Å². The molecule has 1 N–H and O–H groups in total. The van der Waals surface area contributed by atoms with E-state index in [0.717, 1.165) is 50.5 Å². The van der Waals surface area contributed by atoms with E-state index in [4.69, 9.17) is 9.84 Å². The predicted molar refractivity (Wildman–Crippen MR) is 107 cm³/mol. The molecule has 2 aromatic carbocycles. The van der Waals surface area contributed by atoms with E-state index >= 15 is 0 Å². The molecule has 0 aromatic heterocycles. The minimum atomic E-state index is -1.24. The fourth-order valence-corrected chi connectivity index (χ4v) is 3.47. The Balaban J connectivity index is 2.64. The van der Waals surface area contributed by atoms with Crippen molar-refractivity contribution in [1.29, 1.82) is 0 Å². The molecule has 140 valence electrons. The van der Waals surface area contributed by atoms with Gasteiger partial charge in [0.2, 0.25) is 0 Å². The van der Waals surface area contributed by atoms with Crippen LogP contribution in [-0.2, 0) is 19.3 Å². The molecule has 0 bridgehead atoms. The molecule has 0 aliphatic rings. The topological polar surface area (TPSA) is 46.5 Å². The minimum absolute atomic E-state index is 0.495. The number of ether oxygens (including phenoxy) is 1. The Morgan fingerprint density at radius 1 is 0.885 bits per heavy atom. The standard InChI is InChI=1S/C23H30O3/c1-4-7-12-19-20(18-14-10-9-11-17(18)6-3)15-16-22(26-23(24)25)21(19)13-8-5-2/h9-11,14-16H,4-8,12-13H2,1-3H3,(H,24,25). The summed E-state index contributed by atoms with van der Waals surface area (Å²) in [4.78, 5) is 11.2. The smallest absolute Gasteiger partial charge is 0.449 e. The molecule has 0 aliphatic carbocycles. The third-order valence-corrected chi connectivity index (χ3v) is 4.83. The Hall–Kier alpha value is -2.29. The Kier molecular flexibility index (Phi) is 7.71. The third-order valence-electron chi connectivity index (χ3n) is 4.83. The van der Waals surface area contributed by atoms with Crippen LogP contribution in [0.2, 0.25) is 0 Å². The lowest BCUT2D eigenvalue weighted by Crippen LogP contribution is -2.09. The molecule has 0 saturated carbocycles. The van der Waals surface area contributed by atoms with Crippen LogP contribution >= 0.6 is 0 Å². The second kappa shape index (κ2) is 10.0. The van der Waals surface area contributed by atoms with Crippen molar-refractivity contribution in [2.45, 2.75) is 65.7 Å².